The van der Waals surface area contributed by atoms with Gasteiger partial charge in [-0.25, -0.2) is 8.78 Å². The van der Waals surface area contributed by atoms with Crippen molar-refractivity contribution >= 4 is 11.6 Å². The minimum Gasteiger partial charge on any atom is -0.363 e. The Morgan fingerprint density at radius 3 is 2.75 bits per heavy atom. The van der Waals surface area contributed by atoms with Crippen LogP contribution in [0.1, 0.15) is 17.6 Å². The lowest BCUT2D eigenvalue weighted by molar-refractivity contribution is -0.390. The first-order valence-corrected chi connectivity index (χ1v) is 4.06. The average molecular weight is 228 g/mol. The van der Waals surface area contributed by atoms with Crippen molar-refractivity contribution in [2.24, 2.45) is 0 Å². The van der Waals surface area contributed by atoms with Gasteiger partial charge in [0, 0.05) is 6.07 Å². The van der Waals surface area contributed by atoms with Gasteiger partial charge in [0.05, 0.1) is 12.5 Å². The predicted molar refractivity (Wildman–Crippen MR) is 49.6 cm³/mol. The molecule has 0 atom stereocenters. The molecule has 16 heavy (non-hydrogen) atoms. The number of hydrogen-bond acceptors (Lipinski definition) is 5. The van der Waals surface area contributed by atoms with Crippen LogP contribution in [-0.2, 0) is 6.42 Å². The fourth-order valence-corrected chi connectivity index (χ4v) is 1.22. The summed E-state index contributed by atoms with van der Waals surface area (Å²) in [5.74, 6) is -1.26. The molecule has 1 aromatic heterocycles. The number of nitriles is 1. The van der Waals surface area contributed by atoms with E-state index in [9.17, 15) is 18.9 Å². The van der Waals surface area contributed by atoms with Crippen LogP contribution in [0.3, 0.4) is 0 Å². The highest BCUT2D eigenvalue weighted by Gasteiger charge is 2.28. The first-order valence-electron chi connectivity index (χ1n) is 4.06. The van der Waals surface area contributed by atoms with Crippen molar-refractivity contribution in [2.75, 3.05) is 5.73 Å². The molecule has 0 radical (unpaired) electrons. The van der Waals surface area contributed by atoms with Gasteiger partial charge in [0.15, 0.2) is 0 Å². The summed E-state index contributed by atoms with van der Waals surface area (Å²) >= 11 is 0. The molecule has 84 valence electrons. The maximum Gasteiger partial charge on any atom is 0.375 e. The van der Waals surface area contributed by atoms with Gasteiger partial charge in [0.25, 0.3) is 6.43 Å². The molecule has 0 spiro atoms. The van der Waals surface area contributed by atoms with Gasteiger partial charge in [0.2, 0.25) is 5.82 Å². The zero-order chi connectivity index (χ0) is 12.3. The van der Waals surface area contributed by atoms with Crippen LogP contribution in [0, 0.1) is 21.4 Å². The minimum absolute atomic E-state index is 0.170. The second kappa shape index (κ2) is 4.48. The third-order valence-corrected chi connectivity index (χ3v) is 1.80. The van der Waals surface area contributed by atoms with Crippen molar-refractivity contribution in [3.8, 4) is 6.07 Å². The summed E-state index contributed by atoms with van der Waals surface area (Å²) in [4.78, 5) is 12.7. The molecule has 6 nitrogen and oxygen atoms in total. The Balaban J connectivity index is 3.48. The lowest BCUT2D eigenvalue weighted by Crippen LogP contribution is -2.06. The van der Waals surface area contributed by atoms with Gasteiger partial charge in [-0.3, -0.25) is 0 Å². The van der Waals surface area contributed by atoms with Crippen molar-refractivity contribution < 1.29 is 13.7 Å². The van der Waals surface area contributed by atoms with E-state index >= 15 is 0 Å². The molecule has 0 aliphatic carbocycles. The van der Waals surface area contributed by atoms with E-state index in [1.807, 2.05) is 0 Å². The normalized spacial score (nSPS) is 10.1. The fourth-order valence-electron chi connectivity index (χ4n) is 1.22. The lowest BCUT2D eigenvalue weighted by atomic mass is 10.1. The number of alkyl halides is 2. The smallest absolute Gasteiger partial charge is 0.363 e. The highest BCUT2D eigenvalue weighted by Crippen LogP contribution is 2.31. The number of nitrogens with two attached hydrogens (primary N) is 1. The molecular formula is C8H6F2N4O2. The second-order valence-electron chi connectivity index (χ2n) is 2.84. The van der Waals surface area contributed by atoms with Crippen LogP contribution in [-0.4, -0.2) is 9.91 Å². The van der Waals surface area contributed by atoms with E-state index < -0.39 is 22.7 Å². The van der Waals surface area contributed by atoms with Crippen LogP contribution < -0.4 is 5.73 Å². The van der Waals surface area contributed by atoms with Gasteiger partial charge in [-0.15, -0.1) is 0 Å². The van der Waals surface area contributed by atoms with E-state index in [4.69, 9.17) is 11.0 Å². The van der Waals surface area contributed by atoms with E-state index in [1.165, 1.54) is 0 Å². The standard InChI is InChI=1S/C8H6F2N4O2/c9-7(10)6-4(1-2-11)3-5(12)13-8(6)14(15)16/h3,7H,1H2,(H2,12,13). The number of hydrogen-bond donors (Lipinski definition) is 1. The Morgan fingerprint density at radius 1 is 1.69 bits per heavy atom. The van der Waals surface area contributed by atoms with E-state index in [-0.39, 0.29) is 17.8 Å². The zero-order valence-electron chi connectivity index (χ0n) is 7.85. The number of halogens is 2. The van der Waals surface area contributed by atoms with E-state index in [1.54, 1.807) is 6.07 Å². The first-order chi connectivity index (χ1) is 7.47. The molecule has 0 unspecified atom stereocenters. The van der Waals surface area contributed by atoms with Crippen LogP contribution in [0.5, 0.6) is 0 Å². The number of pyridine rings is 1. The zero-order valence-corrected chi connectivity index (χ0v) is 7.85. The van der Waals surface area contributed by atoms with E-state index in [0.717, 1.165) is 6.07 Å². The Morgan fingerprint density at radius 2 is 2.31 bits per heavy atom. The molecule has 0 saturated carbocycles. The Labute approximate surface area is 88.5 Å². The van der Waals surface area contributed by atoms with Crippen LogP contribution in [0.2, 0.25) is 0 Å². The van der Waals surface area contributed by atoms with Gasteiger partial charge < -0.3 is 15.8 Å². The highest BCUT2D eigenvalue weighted by atomic mass is 19.3. The topological polar surface area (TPSA) is 106 Å². The second-order valence-corrected chi connectivity index (χ2v) is 2.84. The summed E-state index contributed by atoms with van der Waals surface area (Å²) in [6, 6.07) is 2.67. The van der Waals surface area contributed by atoms with E-state index in [0.29, 0.717) is 0 Å². The maximum absolute atomic E-state index is 12.6. The number of nitrogen functional groups attached to an aromatic ring is 1. The minimum atomic E-state index is -3.07. The molecule has 2 N–H and O–H groups in total. The summed E-state index contributed by atoms with van der Waals surface area (Å²) in [5.41, 5.74) is 4.21. The van der Waals surface area contributed by atoms with Gasteiger partial charge in [-0.1, -0.05) is 0 Å². The van der Waals surface area contributed by atoms with E-state index in [2.05, 4.69) is 4.98 Å². The molecule has 1 heterocycles. The number of nitrogens with zero attached hydrogens (tertiary/aromatic N) is 3. The van der Waals surface area contributed by atoms with Gasteiger partial charge >= 0.3 is 5.82 Å². The molecule has 0 bridgehead atoms. The monoisotopic (exact) mass is 228 g/mol. The number of rotatable bonds is 3. The fraction of sp³-hybridized carbons (Fsp3) is 0.250. The van der Waals surface area contributed by atoms with Crippen molar-refractivity contribution in [1.82, 2.24) is 4.98 Å². The van der Waals surface area contributed by atoms with Crippen molar-refractivity contribution in [3.63, 3.8) is 0 Å². The number of anilines is 1. The largest absolute Gasteiger partial charge is 0.375 e. The van der Waals surface area contributed by atoms with Crippen LogP contribution in [0.25, 0.3) is 0 Å². The SMILES string of the molecule is N#CCc1cc(N)nc([N+](=O)[O-])c1C(F)F. The predicted octanol–water partition coefficient (Wildman–Crippen LogP) is 1.58. The molecule has 0 fully saturated rings. The summed E-state index contributed by atoms with van der Waals surface area (Å²) in [6.45, 7) is 0. The summed E-state index contributed by atoms with van der Waals surface area (Å²) in [7, 11) is 0. The Kier molecular flexibility index (Phi) is 3.30. The maximum atomic E-state index is 12.6. The van der Waals surface area contributed by atoms with Crippen LogP contribution in [0.15, 0.2) is 6.07 Å². The molecule has 0 aliphatic heterocycles. The van der Waals surface area contributed by atoms with Gasteiger partial charge in [-0.2, -0.15) is 5.26 Å². The van der Waals surface area contributed by atoms with Crippen molar-refractivity contribution in [2.45, 2.75) is 12.8 Å². The molecule has 1 rings (SSSR count). The van der Waals surface area contributed by atoms with Crippen molar-refractivity contribution in [1.29, 1.82) is 5.26 Å². The summed E-state index contributed by atoms with van der Waals surface area (Å²) in [6.07, 6.45) is -3.45. The summed E-state index contributed by atoms with van der Waals surface area (Å²) < 4.78 is 25.2. The molecular weight excluding hydrogens is 222 g/mol. The molecule has 0 amide bonds. The van der Waals surface area contributed by atoms with Crippen molar-refractivity contribution in [3.05, 3.63) is 27.3 Å². The number of aromatic nitrogens is 1. The highest BCUT2D eigenvalue weighted by molar-refractivity contribution is 5.49. The third kappa shape index (κ3) is 2.20. The molecule has 8 heteroatoms. The average Bonchev–Trinajstić information content (AvgIpc) is 2.16. The molecule has 1 aromatic rings. The first kappa shape index (κ1) is 11.8. The van der Waals surface area contributed by atoms with Crippen LogP contribution >= 0.6 is 0 Å². The Hall–Kier alpha value is -2.30. The molecule has 0 aliphatic rings. The van der Waals surface area contributed by atoms with Crippen LogP contribution in [0.4, 0.5) is 20.4 Å². The third-order valence-electron chi connectivity index (χ3n) is 1.80. The quantitative estimate of drug-likeness (QED) is 0.624. The lowest BCUT2D eigenvalue weighted by Gasteiger charge is -2.06. The molecule has 0 aromatic carbocycles. The summed E-state index contributed by atoms with van der Waals surface area (Å²) in [5, 5.41) is 18.9. The number of nitro groups is 1. The molecule has 0 saturated heterocycles. The Bertz CT molecular complexity index is 470. The van der Waals surface area contributed by atoms with Gasteiger partial charge in [0.1, 0.15) is 5.56 Å². The van der Waals surface area contributed by atoms with Gasteiger partial charge in [-0.05, 0) is 15.5 Å².